The maximum Gasteiger partial charge on any atom is 0.100 e. The molecule has 0 amide bonds. The average molecular weight is 737 g/mol. The van der Waals surface area contributed by atoms with E-state index in [0.29, 0.717) is 0 Å². The van der Waals surface area contributed by atoms with Crippen LogP contribution in [0.5, 0.6) is 0 Å². The van der Waals surface area contributed by atoms with Gasteiger partial charge in [0.2, 0.25) is 0 Å². The standard InChI is InChI=1S/C51H40N6/c1-2-3-14-47(52)51(48-15-8-9-28-55-48)41-12-6-4-10-38(41)49-42(51)24-25-45-50(49)39-11-5-7-13-43(39)56(45)35-20-16-33(17-21-35)34-18-22-36(23-19-34)57-44-27-30-53-31-40(44)37-26-29-54-32-46(37)57/h2-27,29-31,54-55H,28,32,52H2,1H3/b3-2-,47-14-. The molecule has 5 heterocycles. The van der Waals surface area contributed by atoms with Gasteiger partial charge in [0.25, 0.3) is 0 Å². The van der Waals surface area contributed by atoms with Crippen LogP contribution in [0.15, 0.2) is 182 Å². The van der Waals surface area contributed by atoms with Crippen molar-refractivity contribution < 1.29 is 0 Å². The van der Waals surface area contributed by atoms with Gasteiger partial charge in [-0.15, -0.1) is 0 Å². The van der Waals surface area contributed by atoms with Gasteiger partial charge >= 0.3 is 0 Å². The molecule has 1 aliphatic carbocycles. The van der Waals surface area contributed by atoms with Crippen LogP contribution < -0.4 is 16.4 Å². The first-order valence-electron chi connectivity index (χ1n) is 19.6. The maximum absolute atomic E-state index is 7.25. The molecule has 0 saturated carbocycles. The number of benzene rings is 5. The summed E-state index contributed by atoms with van der Waals surface area (Å²) in [7, 11) is 0. The minimum atomic E-state index is -0.663. The Labute approximate surface area is 331 Å². The van der Waals surface area contributed by atoms with Gasteiger partial charge < -0.3 is 25.5 Å². The van der Waals surface area contributed by atoms with E-state index in [4.69, 9.17) is 5.73 Å². The van der Waals surface area contributed by atoms with Gasteiger partial charge in [0.1, 0.15) is 5.41 Å². The Balaban J connectivity index is 1.04. The summed E-state index contributed by atoms with van der Waals surface area (Å²) in [6.07, 6.45) is 20.6. The van der Waals surface area contributed by atoms with E-state index in [1.165, 1.54) is 77.3 Å². The third-order valence-electron chi connectivity index (χ3n) is 12.1. The number of nitrogens with one attached hydrogen (secondary N) is 2. The highest BCUT2D eigenvalue weighted by Gasteiger charge is 2.49. The minimum Gasteiger partial charge on any atom is -0.401 e. The SMILES string of the molecule is C/C=C\C=C(/N)C1(C2=CC=CCN2)c2ccccc2-c2c1ccc1c2c2ccccc2n1-c1ccc(-c2ccc(-n3c4c(c5cnccc53)C=CNC4)cc2)cc1. The lowest BCUT2D eigenvalue weighted by molar-refractivity contribution is 0.641. The summed E-state index contributed by atoms with van der Waals surface area (Å²) in [6.45, 7) is 3.56. The number of nitrogens with zero attached hydrogens (tertiary/aromatic N) is 3. The highest BCUT2D eigenvalue weighted by molar-refractivity contribution is 6.18. The predicted molar refractivity (Wildman–Crippen MR) is 235 cm³/mol. The number of rotatable bonds is 6. The van der Waals surface area contributed by atoms with E-state index in [1.54, 1.807) is 0 Å². The van der Waals surface area contributed by atoms with Gasteiger partial charge in [-0.2, -0.15) is 0 Å². The average Bonchev–Trinajstić information content (AvgIpc) is 3.90. The second-order valence-corrected chi connectivity index (χ2v) is 15.0. The largest absolute Gasteiger partial charge is 0.401 e. The second-order valence-electron chi connectivity index (χ2n) is 15.0. The highest BCUT2D eigenvalue weighted by Crippen LogP contribution is 2.58. The van der Waals surface area contributed by atoms with Crippen molar-refractivity contribution in [3.05, 3.63) is 204 Å². The van der Waals surface area contributed by atoms with Crippen LogP contribution in [0.2, 0.25) is 0 Å². The third kappa shape index (κ3) is 4.74. The van der Waals surface area contributed by atoms with Gasteiger partial charge in [-0.3, -0.25) is 4.98 Å². The molecular weight excluding hydrogens is 697 g/mol. The fourth-order valence-electron chi connectivity index (χ4n) is 9.67. The van der Waals surface area contributed by atoms with Gasteiger partial charge in [0.15, 0.2) is 0 Å². The fourth-order valence-corrected chi connectivity index (χ4v) is 9.67. The number of pyridine rings is 1. The summed E-state index contributed by atoms with van der Waals surface area (Å²) >= 11 is 0. The van der Waals surface area contributed by atoms with Gasteiger partial charge in [-0.1, -0.05) is 97.1 Å². The predicted octanol–water partition coefficient (Wildman–Crippen LogP) is 10.6. The summed E-state index contributed by atoms with van der Waals surface area (Å²) in [4.78, 5) is 4.42. The minimum absolute atomic E-state index is 0.663. The third-order valence-corrected chi connectivity index (χ3v) is 12.1. The monoisotopic (exact) mass is 736 g/mol. The number of para-hydroxylation sites is 1. The molecule has 0 spiro atoms. The van der Waals surface area contributed by atoms with E-state index >= 15 is 0 Å². The van der Waals surface area contributed by atoms with E-state index in [9.17, 15) is 0 Å². The lowest BCUT2D eigenvalue weighted by atomic mass is 9.71. The number of hydrogen-bond donors (Lipinski definition) is 3. The molecule has 3 aliphatic rings. The zero-order valence-corrected chi connectivity index (χ0v) is 31.6. The van der Waals surface area contributed by atoms with Crippen LogP contribution in [-0.4, -0.2) is 20.7 Å². The molecule has 0 fully saturated rings. The number of hydrogen-bond acceptors (Lipinski definition) is 4. The molecular formula is C51H40N6. The number of nitrogens with two attached hydrogens (primary N) is 1. The van der Waals surface area contributed by atoms with Gasteiger partial charge in [-0.25, -0.2) is 0 Å². The summed E-state index contributed by atoms with van der Waals surface area (Å²) in [5.41, 5.74) is 23.9. The Kier molecular flexibility index (Phi) is 7.48. The molecule has 1 unspecified atom stereocenters. The molecule has 4 N–H and O–H groups in total. The zero-order valence-electron chi connectivity index (χ0n) is 31.6. The van der Waals surface area contributed by atoms with Crippen molar-refractivity contribution in [2.75, 3.05) is 6.54 Å². The lowest BCUT2D eigenvalue weighted by Gasteiger charge is -2.36. The van der Waals surface area contributed by atoms with Gasteiger partial charge in [0, 0.05) is 63.4 Å². The molecule has 6 heteroatoms. The topological polar surface area (TPSA) is 72.8 Å². The van der Waals surface area contributed by atoms with Crippen molar-refractivity contribution >= 4 is 38.8 Å². The molecule has 5 aromatic carbocycles. The Morgan fingerprint density at radius 3 is 2.32 bits per heavy atom. The molecule has 0 saturated heterocycles. The molecule has 11 rings (SSSR count). The summed E-state index contributed by atoms with van der Waals surface area (Å²) in [5, 5.41) is 10.7. The molecule has 274 valence electrons. The Bertz CT molecular complexity index is 3080. The van der Waals surface area contributed by atoms with Crippen LogP contribution in [0.4, 0.5) is 0 Å². The molecule has 3 aromatic heterocycles. The van der Waals surface area contributed by atoms with E-state index < -0.39 is 5.41 Å². The molecule has 8 aromatic rings. The molecule has 57 heavy (non-hydrogen) atoms. The van der Waals surface area contributed by atoms with Crippen molar-refractivity contribution in [1.29, 1.82) is 0 Å². The Hall–Kier alpha value is -7.31. The maximum atomic E-state index is 7.25. The van der Waals surface area contributed by atoms with Crippen LogP contribution in [-0.2, 0) is 12.0 Å². The normalized spacial score (nSPS) is 17.1. The molecule has 1 atom stereocenters. The number of aromatic nitrogens is 3. The highest BCUT2D eigenvalue weighted by atomic mass is 15.0. The number of dihydropyridines is 1. The van der Waals surface area contributed by atoms with Crippen LogP contribution in [0.3, 0.4) is 0 Å². The first kappa shape index (κ1) is 33.1. The van der Waals surface area contributed by atoms with E-state index in [1.807, 2.05) is 37.7 Å². The van der Waals surface area contributed by atoms with Crippen molar-refractivity contribution in [2.24, 2.45) is 5.73 Å². The van der Waals surface area contributed by atoms with Crippen molar-refractivity contribution in [3.8, 4) is 33.6 Å². The first-order chi connectivity index (χ1) is 28.2. The van der Waals surface area contributed by atoms with Crippen molar-refractivity contribution in [1.82, 2.24) is 24.8 Å². The summed E-state index contributed by atoms with van der Waals surface area (Å²) < 4.78 is 4.77. The van der Waals surface area contributed by atoms with E-state index in [0.717, 1.165) is 35.9 Å². The lowest BCUT2D eigenvalue weighted by Crippen LogP contribution is -2.41. The molecule has 0 bridgehead atoms. The van der Waals surface area contributed by atoms with Crippen molar-refractivity contribution in [3.63, 3.8) is 0 Å². The van der Waals surface area contributed by atoms with Crippen LogP contribution in [0.25, 0.3) is 72.4 Å². The van der Waals surface area contributed by atoms with E-state index in [-0.39, 0.29) is 0 Å². The smallest absolute Gasteiger partial charge is 0.100 e. The molecule has 0 radical (unpaired) electrons. The first-order valence-corrected chi connectivity index (χ1v) is 19.6. The molecule has 2 aliphatic heterocycles. The second kappa shape index (κ2) is 12.9. The van der Waals surface area contributed by atoms with Crippen LogP contribution in [0, 0.1) is 0 Å². The van der Waals surface area contributed by atoms with E-state index in [2.05, 4.69) is 170 Å². The summed E-state index contributed by atoms with van der Waals surface area (Å²) in [5.74, 6) is 0. The van der Waals surface area contributed by atoms with Crippen LogP contribution in [0.1, 0.15) is 29.3 Å². The number of fused-ring (bicyclic) bond motifs is 10. The fraction of sp³-hybridized carbons (Fsp3) is 0.0784. The Morgan fingerprint density at radius 1 is 0.772 bits per heavy atom. The zero-order chi connectivity index (χ0) is 38.1. The summed E-state index contributed by atoms with van der Waals surface area (Å²) in [6, 6.07) is 42.2. The number of allylic oxidation sites excluding steroid dienone is 5. The molecule has 6 nitrogen and oxygen atoms in total. The van der Waals surface area contributed by atoms with Crippen molar-refractivity contribution in [2.45, 2.75) is 18.9 Å². The quantitative estimate of drug-likeness (QED) is 0.149. The van der Waals surface area contributed by atoms with Crippen LogP contribution >= 0.6 is 0 Å². The van der Waals surface area contributed by atoms with Gasteiger partial charge in [0.05, 0.1) is 28.8 Å². The Morgan fingerprint density at radius 2 is 1.53 bits per heavy atom. The van der Waals surface area contributed by atoms with Gasteiger partial charge in [-0.05, 0) is 107 Å².